The maximum Gasteiger partial charge on any atom is 0.253 e. The maximum absolute atomic E-state index is 13.2. The Morgan fingerprint density at radius 3 is 2.57 bits per heavy atom. The Balaban J connectivity index is 1.46. The van der Waals surface area contributed by atoms with Crippen LogP contribution in [0, 0.1) is 0 Å². The number of amides is 1. The molecule has 1 atom stereocenters. The van der Waals surface area contributed by atoms with Gasteiger partial charge >= 0.3 is 0 Å². The van der Waals surface area contributed by atoms with Gasteiger partial charge in [0.05, 0.1) is 30.0 Å². The molecule has 3 heterocycles. The zero-order valence-electron chi connectivity index (χ0n) is 20.3. The number of rotatable bonds is 11. The fourth-order valence-corrected chi connectivity index (χ4v) is 5.58. The molecule has 0 aliphatic carbocycles. The first-order chi connectivity index (χ1) is 17.7. The summed E-state index contributed by atoms with van der Waals surface area (Å²) in [5, 5.41) is 5.37. The highest BCUT2D eigenvalue weighted by molar-refractivity contribution is 7.98. The molecule has 0 aliphatic heterocycles. The third-order valence-corrected chi connectivity index (χ3v) is 8.15. The highest BCUT2D eigenvalue weighted by atomic mass is 32.2. The van der Waals surface area contributed by atoms with Crippen LogP contribution in [-0.4, -0.2) is 58.4 Å². The van der Waals surface area contributed by atoms with E-state index in [2.05, 4.69) is 21.4 Å². The van der Waals surface area contributed by atoms with Gasteiger partial charge in [-0.2, -0.15) is 11.8 Å². The van der Waals surface area contributed by atoms with Crippen molar-refractivity contribution in [2.45, 2.75) is 18.9 Å². The van der Waals surface area contributed by atoms with Crippen molar-refractivity contribution >= 4 is 44.8 Å². The van der Waals surface area contributed by atoms with Gasteiger partial charge in [0.1, 0.15) is 5.01 Å². The molecule has 0 saturated heterocycles. The van der Waals surface area contributed by atoms with E-state index < -0.39 is 22.0 Å². The number of carbonyl (C=O) groups excluding carboxylic acids is 2. The molecule has 1 aromatic carbocycles. The first kappa shape index (κ1) is 26.8. The van der Waals surface area contributed by atoms with Gasteiger partial charge in [-0.05, 0) is 53.8 Å². The van der Waals surface area contributed by atoms with Crippen LogP contribution in [0.1, 0.15) is 21.8 Å². The SMILES string of the molecule is CSCC[C@H](NC(=O)c1ccn(S(C)(=O)=O)c1)C(=O)Cc1nc(-c2cccc(-c3ccncc3)c2)cs1. The summed E-state index contributed by atoms with van der Waals surface area (Å²) in [4.78, 5) is 34.7. The number of thioether (sulfide) groups is 1. The quantitative estimate of drug-likeness (QED) is 0.297. The van der Waals surface area contributed by atoms with Crippen molar-refractivity contribution in [3.05, 3.63) is 83.2 Å². The van der Waals surface area contributed by atoms with Crippen LogP contribution in [-0.2, 0) is 21.2 Å². The van der Waals surface area contributed by atoms with Crippen LogP contribution in [0.15, 0.2) is 72.6 Å². The molecule has 0 fully saturated rings. The van der Waals surface area contributed by atoms with E-state index in [1.165, 1.54) is 29.8 Å². The fourth-order valence-electron chi connectivity index (χ4n) is 3.71. The van der Waals surface area contributed by atoms with E-state index in [0.29, 0.717) is 17.2 Å². The lowest BCUT2D eigenvalue weighted by Crippen LogP contribution is -2.42. The van der Waals surface area contributed by atoms with Crippen LogP contribution >= 0.6 is 23.1 Å². The van der Waals surface area contributed by atoms with E-state index in [4.69, 9.17) is 0 Å². The van der Waals surface area contributed by atoms with Crippen molar-refractivity contribution in [1.29, 1.82) is 0 Å². The molecule has 0 radical (unpaired) electrons. The number of hydrogen-bond acceptors (Lipinski definition) is 8. The van der Waals surface area contributed by atoms with Gasteiger partial charge in [0.25, 0.3) is 5.91 Å². The van der Waals surface area contributed by atoms with E-state index in [1.807, 2.05) is 42.0 Å². The third-order valence-electron chi connectivity index (χ3n) is 5.67. The molecular weight excluding hydrogens is 529 g/mol. The molecule has 3 aromatic heterocycles. The van der Waals surface area contributed by atoms with Crippen LogP contribution in [0.4, 0.5) is 0 Å². The summed E-state index contributed by atoms with van der Waals surface area (Å²) in [5.74, 6) is 0.0531. The van der Waals surface area contributed by atoms with Gasteiger partial charge in [-0.1, -0.05) is 18.2 Å². The van der Waals surface area contributed by atoms with Crippen LogP contribution in [0.25, 0.3) is 22.4 Å². The van der Waals surface area contributed by atoms with Gasteiger partial charge in [0.2, 0.25) is 10.0 Å². The number of nitrogens with zero attached hydrogens (tertiary/aromatic N) is 3. The van der Waals surface area contributed by atoms with Crippen molar-refractivity contribution in [3.8, 4) is 22.4 Å². The van der Waals surface area contributed by atoms with E-state index >= 15 is 0 Å². The zero-order chi connectivity index (χ0) is 26.4. The number of ketones is 1. The minimum atomic E-state index is -3.50. The Morgan fingerprint density at radius 2 is 1.86 bits per heavy atom. The first-order valence-corrected chi connectivity index (χ1v) is 15.5. The average Bonchev–Trinajstić information content (AvgIpc) is 3.57. The molecule has 0 unspecified atom stereocenters. The fraction of sp³-hybridized carbons (Fsp3) is 0.231. The second-order valence-electron chi connectivity index (χ2n) is 8.39. The molecule has 0 bridgehead atoms. The lowest BCUT2D eigenvalue weighted by atomic mass is 10.0. The summed E-state index contributed by atoms with van der Waals surface area (Å²) in [6, 6.07) is 12.6. The van der Waals surface area contributed by atoms with Gasteiger partial charge in [-0.3, -0.25) is 18.5 Å². The van der Waals surface area contributed by atoms with Crippen LogP contribution < -0.4 is 5.32 Å². The van der Waals surface area contributed by atoms with Gasteiger partial charge in [-0.25, -0.2) is 13.4 Å². The normalized spacial score (nSPS) is 12.3. The summed E-state index contributed by atoms with van der Waals surface area (Å²) in [6.07, 6.45) is 9.60. The van der Waals surface area contributed by atoms with Gasteiger partial charge in [-0.15, -0.1) is 11.3 Å². The van der Waals surface area contributed by atoms with Crippen molar-refractivity contribution in [2.75, 3.05) is 18.3 Å². The largest absolute Gasteiger partial charge is 0.342 e. The van der Waals surface area contributed by atoms with Gasteiger partial charge in [0, 0.05) is 35.7 Å². The molecule has 1 N–H and O–H groups in total. The van der Waals surface area contributed by atoms with Gasteiger partial charge < -0.3 is 5.32 Å². The standard InChI is InChI=1S/C26H26N4O4S3/c1-35-13-9-22(29-26(32)21-8-12-30(16-21)37(2,33)34)24(31)15-25-28-23(17-36-25)20-5-3-4-19(14-20)18-6-10-27-11-7-18/h3-8,10-12,14,16-17,22H,9,13,15H2,1-2H3,(H,29,32)/t22-/m0/s1. The molecule has 192 valence electrons. The third kappa shape index (κ3) is 6.94. The van der Waals surface area contributed by atoms with Gasteiger partial charge in [0.15, 0.2) is 5.78 Å². The first-order valence-electron chi connectivity index (χ1n) is 11.4. The number of hydrogen-bond donors (Lipinski definition) is 1. The van der Waals surface area contributed by atoms with Crippen molar-refractivity contribution in [1.82, 2.24) is 19.3 Å². The smallest absolute Gasteiger partial charge is 0.253 e. The Bertz CT molecular complexity index is 1500. The number of benzene rings is 1. The number of aromatic nitrogens is 3. The van der Waals surface area contributed by atoms with E-state index in [-0.39, 0.29) is 17.8 Å². The molecule has 0 spiro atoms. The summed E-state index contributed by atoms with van der Waals surface area (Å²) < 4.78 is 24.4. The van der Waals surface area contributed by atoms with Crippen molar-refractivity contribution < 1.29 is 18.0 Å². The molecular formula is C26H26N4O4S3. The Labute approximate surface area is 224 Å². The molecule has 4 aromatic rings. The second kappa shape index (κ2) is 11.8. The van der Waals surface area contributed by atoms with E-state index in [0.717, 1.165) is 32.6 Å². The minimum absolute atomic E-state index is 0.0956. The zero-order valence-corrected chi connectivity index (χ0v) is 22.8. The molecule has 11 heteroatoms. The van der Waals surface area contributed by atoms with Crippen LogP contribution in [0.2, 0.25) is 0 Å². The predicted octanol–water partition coefficient (Wildman–Crippen LogP) is 4.14. The molecule has 0 aliphatic rings. The summed E-state index contributed by atoms with van der Waals surface area (Å²) in [5.41, 5.74) is 4.03. The predicted molar refractivity (Wildman–Crippen MR) is 148 cm³/mol. The lowest BCUT2D eigenvalue weighted by molar-refractivity contribution is -0.120. The molecule has 37 heavy (non-hydrogen) atoms. The second-order valence-corrected chi connectivity index (χ2v) is 12.2. The summed E-state index contributed by atoms with van der Waals surface area (Å²) >= 11 is 2.99. The summed E-state index contributed by atoms with van der Waals surface area (Å²) in [6.45, 7) is 0. The number of pyridine rings is 1. The van der Waals surface area contributed by atoms with Crippen molar-refractivity contribution in [3.63, 3.8) is 0 Å². The average molecular weight is 555 g/mol. The molecule has 8 nitrogen and oxygen atoms in total. The van der Waals surface area contributed by atoms with Crippen LogP contribution in [0.3, 0.4) is 0 Å². The number of Topliss-reactive ketones (excluding diaryl/α,β-unsaturated/α-hetero) is 1. The van der Waals surface area contributed by atoms with E-state index in [1.54, 1.807) is 24.2 Å². The number of nitrogens with one attached hydrogen (secondary N) is 1. The lowest BCUT2D eigenvalue weighted by Gasteiger charge is -2.16. The Hall–Kier alpha value is -3.28. The highest BCUT2D eigenvalue weighted by Crippen LogP contribution is 2.27. The highest BCUT2D eigenvalue weighted by Gasteiger charge is 2.23. The van der Waals surface area contributed by atoms with E-state index in [9.17, 15) is 18.0 Å². The van der Waals surface area contributed by atoms with Crippen molar-refractivity contribution in [2.24, 2.45) is 0 Å². The number of thiazole rings is 1. The maximum atomic E-state index is 13.2. The Kier molecular flexibility index (Phi) is 8.57. The topological polar surface area (TPSA) is 111 Å². The van der Waals surface area contributed by atoms with Crippen LogP contribution in [0.5, 0.6) is 0 Å². The monoisotopic (exact) mass is 554 g/mol. The Morgan fingerprint density at radius 1 is 1.11 bits per heavy atom. The molecule has 4 rings (SSSR count). The number of carbonyl (C=O) groups is 2. The summed E-state index contributed by atoms with van der Waals surface area (Å²) in [7, 11) is -3.50. The minimum Gasteiger partial charge on any atom is -0.342 e. The molecule has 1 amide bonds. The molecule has 0 saturated carbocycles.